The number of carbonyl (C=O) groups is 2. The molecule has 0 aliphatic carbocycles. The number of hydrogen-bond acceptors (Lipinski definition) is 8. The molecule has 26 heavy (non-hydrogen) atoms. The molecule has 1 aliphatic rings. The Bertz CT molecular complexity index is 619. The fourth-order valence-electron chi connectivity index (χ4n) is 2.39. The van der Waals surface area contributed by atoms with Crippen LogP contribution in [0.15, 0.2) is 24.3 Å². The van der Waals surface area contributed by atoms with E-state index in [4.69, 9.17) is 19.7 Å². The number of benzene rings is 1. The number of aliphatic hydroxyl groups is 4. The highest BCUT2D eigenvalue weighted by Crippen LogP contribution is 2.22. The summed E-state index contributed by atoms with van der Waals surface area (Å²) in [6.45, 7) is -1.06. The smallest absolute Gasteiger partial charge is 0.322 e. The third kappa shape index (κ3) is 4.97. The quantitative estimate of drug-likeness (QED) is 0.312. The molecule has 0 spiro atoms. The minimum Gasteiger partial charge on any atom is -0.480 e. The summed E-state index contributed by atoms with van der Waals surface area (Å²) in [5, 5.41) is 49.1. The van der Waals surface area contributed by atoms with Gasteiger partial charge in [0.2, 0.25) is 0 Å². The molecule has 0 unspecified atom stereocenters. The summed E-state index contributed by atoms with van der Waals surface area (Å²) in [6, 6.07) is 6.09. The van der Waals surface area contributed by atoms with Crippen molar-refractivity contribution in [2.75, 3.05) is 13.2 Å². The van der Waals surface area contributed by atoms with Crippen LogP contribution in [-0.4, -0.2) is 81.3 Å². The van der Waals surface area contributed by atoms with Crippen LogP contribution >= 0.6 is 0 Å². The first-order chi connectivity index (χ1) is 12.3. The molecule has 144 valence electrons. The van der Waals surface area contributed by atoms with Gasteiger partial charge in [-0.15, -0.1) is 0 Å². The lowest BCUT2D eigenvalue weighted by Gasteiger charge is -2.39. The summed E-state index contributed by atoms with van der Waals surface area (Å²) in [5.74, 6) is -1.68. The molecule has 0 radical (unpaired) electrons. The van der Waals surface area contributed by atoms with Crippen LogP contribution in [0.5, 0.6) is 0 Å². The van der Waals surface area contributed by atoms with E-state index in [1.54, 1.807) is 12.1 Å². The Balaban J connectivity index is 1.91. The molecule has 1 aromatic carbocycles. The van der Waals surface area contributed by atoms with Gasteiger partial charge in [0.05, 0.1) is 13.2 Å². The fraction of sp³-hybridized carbons (Fsp3) is 0.500. The zero-order valence-corrected chi connectivity index (χ0v) is 13.7. The van der Waals surface area contributed by atoms with E-state index in [1.807, 2.05) is 0 Å². The van der Waals surface area contributed by atoms with Gasteiger partial charge in [-0.25, -0.2) is 0 Å². The normalized spacial score (nSPS) is 28.5. The Morgan fingerprint density at radius 1 is 1.08 bits per heavy atom. The average Bonchev–Trinajstić information content (AvgIpc) is 2.64. The van der Waals surface area contributed by atoms with Crippen molar-refractivity contribution in [3.05, 3.63) is 35.4 Å². The highest BCUT2D eigenvalue weighted by molar-refractivity contribution is 5.95. The van der Waals surface area contributed by atoms with Crippen LogP contribution in [0, 0.1) is 0 Å². The van der Waals surface area contributed by atoms with E-state index in [1.165, 1.54) is 12.1 Å². The number of aliphatic carboxylic acids is 1. The maximum absolute atomic E-state index is 11.7. The zero-order valence-electron chi connectivity index (χ0n) is 13.7. The molecule has 6 N–H and O–H groups in total. The largest absolute Gasteiger partial charge is 0.480 e. The molecule has 0 saturated carbocycles. The second-order valence-corrected chi connectivity index (χ2v) is 5.78. The molecular weight excluding hydrogens is 350 g/mol. The Hall–Kier alpha value is -2.08. The van der Waals surface area contributed by atoms with E-state index >= 15 is 0 Å². The fourth-order valence-corrected chi connectivity index (χ4v) is 2.39. The number of amides is 1. The lowest BCUT2D eigenvalue weighted by Crippen LogP contribution is -2.59. The second kappa shape index (κ2) is 9.03. The number of carboxylic acid groups (broad SMARTS) is 1. The molecular formula is C16H21NO9. The molecule has 0 bridgehead atoms. The summed E-state index contributed by atoms with van der Waals surface area (Å²) >= 11 is 0. The number of hydrogen-bond donors (Lipinski definition) is 6. The topological polar surface area (TPSA) is 166 Å². The number of rotatable bonds is 7. The summed E-state index contributed by atoms with van der Waals surface area (Å²) < 4.78 is 10.6. The lowest BCUT2D eigenvalue weighted by atomic mass is 9.99. The predicted molar refractivity (Wildman–Crippen MR) is 85.0 cm³/mol. The maximum Gasteiger partial charge on any atom is 0.322 e. The van der Waals surface area contributed by atoms with Gasteiger partial charge in [0, 0.05) is 5.56 Å². The van der Waals surface area contributed by atoms with Crippen LogP contribution in [0.25, 0.3) is 0 Å². The van der Waals surface area contributed by atoms with E-state index in [2.05, 4.69) is 5.32 Å². The highest BCUT2D eigenvalue weighted by Gasteiger charge is 2.43. The van der Waals surface area contributed by atoms with Crippen molar-refractivity contribution in [1.82, 2.24) is 5.32 Å². The van der Waals surface area contributed by atoms with Crippen LogP contribution in [0.2, 0.25) is 0 Å². The zero-order chi connectivity index (χ0) is 19.3. The summed E-state index contributed by atoms with van der Waals surface area (Å²) in [7, 11) is 0. The molecule has 10 nitrogen and oxygen atoms in total. The monoisotopic (exact) mass is 371 g/mol. The molecule has 1 saturated heterocycles. The second-order valence-electron chi connectivity index (χ2n) is 5.78. The van der Waals surface area contributed by atoms with Crippen LogP contribution in [0.4, 0.5) is 0 Å². The van der Waals surface area contributed by atoms with E-state index in [0.29, 0.717) is 5.56 Å². The molecule has 1 aliphatic heterocycles. The van der Waals surface area contributed by atoms with Gasteiger partial charge in [-0.05, 0) is 17.7 Å². The van der Waals surface area contributed by atoms with Crippen LogP contribution < -0.4 is 5.32 Å². The van der Waals surface area contributed by atoms with Gasteiger partial charge in [0.1, 0.15) is 31.0 Å². The van der Waals surface area contributed by atoms with Gasteiger partial charge in [-0.2, -0.15) is 0 Å². The highest BCUT2D eigenvalue weighted by atomic mass is 16.7. The first kappa shape index (κ1) is 20.2. The molecule has 0 aromatic heterocycles. The summed E-state index contributed by atoms with van der Waals surface area (Å²) in [4.78, 5) is 22.1. The number of ether oxygens (including phenoxy) is 2. The minimum absolute atomic E-state index is 0.0281. The first-order valence-electron chi connectivity index (χ1n) is 7.84. The molecule has 1 fully saturated rings. The minimum atomic E-state index is -1.52. The summed E-state index contributed by atoms with van der Waals surface area (Å²) in [6.07, 6.45) is -6.78. The number of aliphatic hydroxyl groups excluding tert-OH is 4. The van der Waals surface area contributed by atoms with Gasteiger partial charge in [0.15, 0.2) is 6.29 Å². The van der Waals surface area contributed by atoms with E-state index < -0.39 is 55.7 Å². The molecule has 10 heteroatoms. The number of nitrogens with one attached hydrogen (secondary N) is 1. The van der Waals surface area contributed by atoms with Crippen LogP contribution in [0.3, 0.4) is 0 Å². The third-order valence-corrected chi connectivity index (χ3v) is 3.88. The van der Waals surface area contributed by atoms with Crippen molar-refractivity contribution in [3.8, 4) is 0 Å². The Labute approximate surface area is 148 Å². The van der Waals surface area contributed by atoms with Gasteiger partial charge in [-0.3, -0.25) is 9.59 Å². The molecule has 1 aromatic rings. The SMILES string of the molecule is O=C(O)CNC(=O)c1ccc(CO[C@@H]2O[C@H](CO)[C@H](O)[C@H](O)[C@H]2O)cc1. The lowest BCUT2D eigenvalue weighted by molar-refractivity contribution is -0.304. The van der Waals surface area contributed by atoms with Crippen LogP contribution in [-0.2, 0) is 20.9 Å². The maximum atomic E-state index is 11.7. The van der Waals surface area contributed by atoms with Crippen molar-refractivity contribution in [1.29, 1.82) is 0 Å². The van der Waals surface area contributed by atoms with Crippen molar-refractivity contribution in [2.45, 2.75) is 37.3 Å². The van der Waals surface area contributed by atoms with Gasteiger partial charge in [0.25, 0.3) is 5.91 Å². The Morgan fingerprint density at radius 2 is 1.73 bits per heavy atom. The van der Waals surface area contributed by atoms with Gasteiger partial charge >= 0.3 is 5.97 Å². The number of carbonyl (C=O) groups excluding carboxylic acids is 1. The molecule has 1 heterocycles. The van der Waals surface area contributed by atoms with E-state index in [9.17, 15) is 24.9 Å². The molecule has 2 rings (SSSR count). The Morgan fingerprint density at radius 3 is 2.31 bits per heavy atom. The standard InChI is InChI=1S/C16H21NO9/c18-6-10-12(21)13(22)14(23)16(26-10)25-7-8-1-3-9(4-2-8)15(24)17-5-11(19)20/h1-4,10,12-14,16,18,21-23H,5-7H2,(H,17,24)(H,19,20)/t10-,12+,13+,14-,16-/m1/s1. The Kier molecular flexibility index (Phi) is 7.03. The van der Waals surface area contributed by atoms with Crippen molar-refractivity contribution in [2.24, 2.45) is 0 Å². The van der Waals surface area contributed by atoms with Crippen molar-refractivity contribution in [3.63, 3.8) is 0 Å². The van der Waals surface area contributed by atoms with Crippen molar-refractivity contribution >= 4 is 11.9 Å². The third-order valence-electron chi connectivity index (χ3n) is 3.88. The van der Waals surface area contributed by atoms with E-state index in [0.717, 1.165) is 0 Å². The number of carboxylic acids is 1. The molecule has 5 atom stereocenters. The van der Waals surface area contributed by atoms with Crippen molar-refractivity contribution < 1.29 is 44.6 Å². The average molecular weight is 371 g/mol. The van der Waals surface area contributed by atoms with Gasteiger partial charge < -0.3 is 40.3 Å². The first-order valence-corrected chi connectivity index (χ1v) is 7.84. The molecule has 1 amide bonds. The summed E-state index contributed by atoms with van der Waals surface area (Å²) in [5.41, 5.74) is 0.889. The van der Waals surface area contributed by atoms with Crippen LogP contribution in [0.1, 0.15) is 15.9 Å². The van der Waals surface area contributed by atoms with E-state index in [-0.39, 0.29) is 12.2 Å². The van der Waals surface area contributed by atoms with Gasteiger partial charge in [-0.1, -0.05) is 12.1 Å². The predicted octanol–water partition coefficient (Wildman–Crippen LogP) is -2.18.